The maximum atomic E-state index is 12.8. The van der Waals surface area contributed by atoms with E-state index in [-0.39, 0.29) is 22.0 Å². The summed E-state index contributed by atoms with van der Waals surface area (Å²) >= 11 is 6.89. The van der Waals surface area contributed by atoms with Crippen LogP contribution >= 0.6 is 22.9 Å². The van der Waals surface area contributed by atoms with Gasteiger partial charge in [-0.2, -0.15) is 0 Å². The third-order valence-corrected chi connectivity index (χ3v) is 6.60. The fraction of sp³-hybridized carbons (Fsp3) is 0.227. The van der Waals surface area contributed by atoms with Crippen LogP contribution in [-0.2, 0) is 0 Å². The molecule has 2 heterocycles. The number of piperazine rings is 1. The highest BCUT2D eigenvalue weighted by Gasteiger charge is 2.30. The summed E-state index contributed by atoms with van der Waals surface area (Å²) in [6.07, 6.45) is 0. The molecule has 0 bridgehead atoms. The van der Waals surface area contributed by atoms with Gasteiger partial charge in [-0.05, 0) is 11.1 Å². The molecule has 1 saturated heterocycles. The van der Waals surface area contributed by atoms with E-state index in [1.807, 2.05) is 36.4 Å². The first-order chi connectivity index (χ1) is 14.5. The largest absolute Gasteiger partial charge is 0.335 e. The van der Waals surface area contributed by atoms with Crippen molar-refractivity contribution in [2.24, 2.45) is 0 Å². The monoisotopic (exact) mass is 441 g/mol. The smallest absolute Gasteiger partial charge is 0.299 e. The van der Waals surface area contributed by atoms with Crippen molar-refractivity contribution in [3.63, 3.8) is 0 Å². The Hall–Kier alpha value is -2.74. The van der Waals surface area contributed by atoms with Crippen molar-refractivity contribution in [3.05, 3.63) is 97.2 Å². The van der Waals surface area contributed by atoms with E-state index in [1.54, 1.807) is 4.90 Å². The molecule has 0 spiro atoms. The number of benzene rings is 2. The zero-order valence-electron chi connectivity index (χ0n) is 16.1. The van der Waals surface area contributed by atoms with E-state index >= 15 is 0 Å². The predicted octanol–water partition coefficient (Wildman–Crippen LogP) is 4.86. The molecule has 0 radical (unpaired) electrons. The molecule has 0 unspecified atom stereocenters. The zero-order chi connectivity index (χ0) is 21.1. The average Bonchev–Trinajstić information content (AvgIpc) is 3.17. The third kappa shape index (κ3) is 4.23. The average molecular weight is 442 g/mol. The minimum atomic E-state index is -0.558. The van der Waals surface area contributed by atoms with E-state index in [2.05, 4.69) is 29.2 Å². The lowest BCUT2D eigenvalue weighted by Crippen LogP contribution is -2.49. The molecule has 0 aliphatic carbocycles. The van der Waals surface area contributed by atoms with Gasteiger partial charge in [-0.1, -0.05) is 72.3 Å². The molecule has 2 aromatic carbocycles. The van der Waals surface area contributed by atoms with Crippen molar-refractivity contribution in [1.29, 1.82) is 0 Å². The maximum Gasteiger partial charge on any atom is 0.299 e. The molecule has 1 aliphatic rings. The lowest BCUT2D eigenvalue weighted by Gasteiger charge is -2.39. The summed E-state index contributed by atoms with van der Waals surface area (Å²) < 4.78 is 0.0372. The number of nitro groups is 1. The van der Waals surface area contributed by atoms with Crippen LogP contribution in [0.25, 0.3) is 0 Å². The fourth-order valence-corrected chi connectivity index (χ4v) is 5.00. The maximum absolute atomic E-state index is 12.8. The summed E-state index contributed by atoms with van der Waals surface area (Å²) in [6.45, 7) is 2.53. The van der Waals surface area contributed by atoms with Crippen LogP contribution in [0.2, 0.25) is 4.34 Å². The van der Waals surface area contributed by atoms with Gasteiger partial charge in [0.2, 0.25) is 0 Å². The molecule has 0 atom stereocenters. The van der Waals surface area contributed by atoms with Crippen molar-refractivity contribution in [1.82, 2.24) is 9.80 Å². The quantitative estimate of drug-likeness (QED) is 0.419. The van der Waals surface area contributed by atoms with Gasteiger partial charge in [0.15, 0.2) is 4.34 Å². The Morgan fingerprint density at radius 1 is 0.967 bits per heavy atom. The van der Waals surface area contributed by atoms with Crippen molar-refractivity contribution in [2.75, 3.05) is 26.2 Å². The molecule has 8 heteroatoms. The van der Waals surface area contributed by atoms with E-state index in [1.165, 1.54) is 17.2 Å². The highest BCUT2D eigenvalue weighted by atomic mass is 35.5. The first-order valence-electron chi connectivity index (χ1n) is 9.61. The molecule has 1 fully saturated rings. The van der Waals surface area contributed by atoms with Gasteiger partial charge < -0.3 is 4.90 Å². The SMILES string of the molecule is O=C(c1cc([N+](=O)[O-])c(Cl)s1)N1CCN(C(c2ccccc2)c2ccccc2)CC1. The molecule has 0 N–H and O–H groups in total. The lowest BCUT2D eigenvalue weighted by molar-refractivity contribution is -0.384. The number of rotatable bonds is 5. The highest BCUT2D eigenvalue weighted by molar-refractivity contribution is 7.18. The topological polar surface area (TPSA) is 66.7 Å². The Bertz CT molecular complexity index is 995. The van der Waals surface area contributed by atoms with Crippen LogP contribution in [0.4, 0.5) is 5.69 Å². The Morgan fingerprint density at radius 2 is 1.50 bits per heavy atom. The van der Waals surface area contributed by atoms with Gasteiger partial charge in [0.25, 0.3) is 11.6 Å². The summed E-state index contributed by atoms with van der Waals surface area (Å²) in [7, 11) is 0. The zero-order valence-corrected chi connectivity index (χ0v) is 17.7. The molecule has 3 aromatic rings. The van der Waals surface area contributed by atoms with Crippen molar-refractivity contribution < 1.29 is 9.72 Å². The molecule has 6 nitrogen and oxygen atoms in total. The van der Waals surface area contributed by atoms with E-state index in [4.69, 9.17) is 11.6 Å². The Labute approximate surface area is 183 Å². The summed E-state index contributed by atoms with van der Waals surface area (Å²) in [4.78, 5) is 27.7. The van der Waals surface area contributed by atoms with E-state index in [0.717, 1.165) is 11.3 Å². The minimum Gasteiger partial charge on any atom is -0.335 e. The fourth-order valence-electron chi connectivity index (χ4n) is 3.81. The van der Waals surface area contributed by atoms with Crippen LogP contribution < -0.4 is 0 Å². The number of hydrogen-bond acceptors (Lipinski definition) is 5. The van der Waals surface area contributed by atoms with Crippen molar-refractivity contribution >= 4 is 34.5 Å². The molecule has 1 aromatic heterocycles. The molecular formula is C22H20ClN3O3S. The van der Waals surface area contributed by atoms with Gasteiger partial charge in [-0.3, -0.25) is 19.8 Å². The summed E-state index contributed by atoms with van der Waals surface area (Å²) in [5, 5.41) is 11.0. The molecular weight excluding hydrogens is 422 g/mol. The number of thiophene rings is 1. The second-order valence-corrected chi connectivity index (χ2v) is 8.73. The highest BCUT2D eigenvalue weighted by Crippen LogP contribution is 2.35. The van der Waals surface area contributed by atoms with Crippen LogP contribution in [0.15, 0.2) is 66.7 Å². The van der Waals surface area contributed by atoms with Crippen molar-refractivity contribution in [3.8, 4) is 0 Å². The second-order valence-electron chi connectivity index (χ2n) is 7.08. The Kier molecular flexibility index (Phi) is 6.13. The standard InChI is InChI=1S/C22H20ClN3O3S/c23-21-18(26(28)29)15-19(30-21)22(27)25-13-11-24(12-14-25)20(16-7-3-1-4-8-16)17-9-5-2-6-10-17/h1-10,15,20H,11-14H2. The van der Waals surface area contributed by atoms with Crippen LogP contribution in [0, 0.1) is 10.1 Å². The molecule has 154 valence electrons. The minimum absolute atomic E-state index is 0.0372. The molecule has 4 rings (SSSR count). The van der Waals surface area contributed by atoms with Crippen LogP contribution in [0.1, 0.15) is 26.8 Å². The van der Waals surface area contributed by atoms with Gasteiger partial charge in [0, 0.05) is 32.2 Å². The Balaban J connectivity index is 1.50. The lowest BCUT2D eigenvalue weighted by atomic mass is 9.96. The second kappa shape index (κ2) is 8.95. The van der Waals surface area contributed by atoms with Crippen LogP contribution in [0.5, 0.6) is 0 Å². The Morgan fingerprint density at radius 3 is 1.97 bits per heavy atom. The normalized spacial score (nSPS) is 14.8. The number of carbonyl (C=O) groups excluding carboxylic acids is 1. The first-order valence-corrected chi connectivity index (χ1v) is 10.8. The molecule has 1 aliphatic heterocycles. The molecule has 0 saturated carbocycles. The van der Waals surface area contributed by atoms with E-state index < -0.39 is 4.92 Å². The van der Waals surface area contributed by atoms with E-state index in [0.29, 0.717) is 31.1 Å². The molecule has 30 heavy (non-hydrogen) atoms. The first kappa shape index (κ1) is 20.5. The summed E-state index contributed by atoms with van der Waals surface area (Å²) in [6, 6.07) is 22.1. The van der Waals surface area contributed by atoms with Gasteiger partial charge in [0.1, 0.15) is 4.88 Å². The van der Waals surface area contributed by atoms with Gasteiger partial charge in [-0.15, -0.1) is 11.3 Å². The van der Waals surface area contributed by atoms with Gasteiger partial charge >= 0.3 is 0 Å². The van der Waals surface area contributed by atoms with Gasteiger partial charge in [-0.25, -0.2) is 0 Å². The van der Waals surface area contributed by atoms with Gasteiger partial charge in [0.05, 0.1) is 11.0 Å². The number of nitrogens with zero attached hydrogens (tertiary/aromatic N) is 3. The third-order valence-electron chi connectivity index (χ3n) is 5.27. The predicted molar refractivity (Wildman–Crippen MR) is 118 cm³/mol. The number of hydrogen-bond donors (Lipinski definition) is 0. The molecule has 1 amide bonds. The summed E-state index contributed by atoms with van der Waals surface area (Å²) in [5.74, 6) is -0.203. The van der Waals surface area contributed by atoms with E-state index in [9.17, 15) is 14.9 Å². The van der Waals surface area contributed by atoms with Crippen LogP contribution in [-0.4, -0.2) is 46.8 Å². The van der Waals surface area contributed by atoms with Crippen LogP contribution in [0.3, 0.4) is 0 Å². The number of amides is 1. The number of carbonyl (C=O) groups is 1. The summed E-state index contributed by atoms with van der Waals surface area (Å²) in [5.41, 5.74) is 2.21. The number of halogens is 1. The van der Waals surface area contributed by atoms with Crippen molar-refractivity contribution in [2.45, 2.75) is 6.04 Å².